The van der Waals surface area contributed by atoms with Crippen molar-refractivity contribution < 1.29 is 9.47 Å². The van der Waals surface area contributed by atoms with Crippen LogP contribution in [0.4, 0.5) is 0 Å². The van der Waals surface area contributed by atoms with Crippen molar-refractivity contribution >= 4 is 21.9 Å². The molecule has 0 saturated heterocycles. The number of methoxy groups -OCH3 is 2. The maximum absolute atomic E-state index is 13.3. The molecular weight excluding hydrogens is 422 g/mol. The second-order valence-electron chi connectivity index (χ2n) is 7.64. The van der Waals surface area contributed by atoms with Crippen molar-refractivity contribution in [3.05, 3.63) is 53.0 Å². The molecule has 0 aliphatic carbocycles. The summed E-state index contributed by atoms with van der Waals surface area (Å²) in [5, 5.41) is 5.36. The van der Waals surface area contributed by atoms with Crippen LogP contribution in [-0.2, 0) is 13.6 Å². The van der Waals surface area contributed by atoms with E-state index in [4.69, 9.17) is 9.47 Å². The first kappa shape index (κ1) is 20.7. The second-order valence-corrected chi connectivity index (χ2v) is 7.64. The minimum Gasteiger partial charge on any atom is -0.480 e. The molecule has 0 bridgehead atoms. The number of hydrogen-bond donors (Lipinski definition) is 0. The van der Waals surface area contributed by atoms with E-state index in [2.05, 4.69) is 20.1 Å². The van der Waals surface area contributed by atoms with Crippen LogP contribution in [0.3, 0.4) is 0 Å². The predicted octanol–water partition coefficient (Wildman–Crippen LogP) is 2.88. The van der Waals surface area contributed by atoms with E-state index in [0.29, 0.717) is 18.0 Å². The Morgan fingerprint density at radius 1 is 1.09 bits per heavy atom. The number of fused-ring (bicyclic) bond motifs is 3. The summed E-state index contributed by atoms with van der Waals surface area (Å²) in [4.78, 5) is 26.4. The van der Waals surface area contributed by atoms with Gasteiger partial charge in [0.05, 0.1) is 53.9 Å². The maximum atomic E-state index is 13.3. The summed E-state index contributed by atoms with van der Waals surface area (Å²) in [5.41, 5.74) is 5.16. The van der Waals surface area contributed by atoms with Crippen molar-refractivity contribution in [2.45, 2.75) is 20.4 Å². The standard InChI is InChI=1S/C23H23N7O3/c1-6-29-12-19(13(2)27-29)30-20-15-9-14(16-10-25-22(33-5)26-21(16)32-4)7-8-17(15)24-11-18(20)28(3)23(30)31/h7-12H,6H2,1-5H3. The largest absolute Gasteiger partial charge is 0.480 e. The van der Waals surface area contributed by atoms with Crippen LogP contribution >= 0.6 is 0 Å². The smallest absolute Gasteiger partial charge is 0.333 e. The number of pyridine rings is 1. The van der Waals surface area contributed by atoms with Crippen molar-refractivity contribution in [1.82, 2.24) is 33.9 Å². The van der Waals surface area contributed by atoms with Gasteiger partial charge in [-0.15, -0.1) is 0 Å². The van der Waals surface area contributed by atoms with Gasteiger partial charge in [-0.2, -0.15) is 10.1 Å². The Bertz CT molecular complexity index is 1580. The van der Waals surface area contributed by atoms with Crippen LogP contribution in [0.1, 0.15) is 12.6 Å². The van der Waals surface area contributed by atoms with Crippen molar-refractivity contribution in [2.24, 2.45) is 7.05 Å². The van der Waals surface area contributed by atoms with Gasteiger partial charge in [-0.05, 0) is 31.5 Å². The molecule has 0 fully saturated rings. The molecule has 10 heteroatoms. The summed E-state index contributed by atoms with van der Waals surface area (Å²) in [6.07, 6.45) is 5.28. The van der Waals surface area contributed by atoms with Gasteiger partial charge in [-0.25, -0.2) is 9.78 Å². The zero-order chi connectivity index (χ0) is 23.3. The fraction of sp³-hybridized carbons (Fsp3) is 0.261. The average Bonchev–Trinajstić information content (AvgIpc) is 3.34. The summed E-state index contributed by atoms with van der Waals surface area (Å²) < 4.78 is 15.7. The molecule has 168 valence electrons. The first-order chi connectivity index (χ1) is 16.0. The molecule has 1 aromatic carbocycles. The normalized spacial score (nSPS) is 11.4. The van der Waals surface area contributed by atoms with E-state index in [-0.39, 0.29) is 11.7 Å². The van der Waals surface area contributed by atoms with Crippen LogP contribution in [-0.4, -0.2) is 48.1 Å². The third kappa shape index (κ3) is 3.13. The molecular formula is C23H23N7O3. The molecule has 0 N–H and O–H groups in total. The van der Waals surface area contributed by atoms with E-state index in [1.54, 1.807) is 35.7 Å². The van der Waals surface area contributed by atoms with Gasteiger partial charge < -0.3 is 9.47 Å². The first-order valence-electron chi connectivity index (χ1n) is 10.5. The quantitative estimate of drug-likeness (QED) is 0.410. The molecule has 33 heavy (non-hydrogen) atoms. The van der Waals surface area contributed by atoms with Crippen molar-refractivity contribution in [2.75, 3.05) is 14.2 Å². The SMILES string of the molecule is CCn1cc(-n2c(=O)n(C)c3cnc4ccc(-c5cnc(OC)nc5OC)cc4c32)c(C)n1. The lowest BCUT2D eigenvalue weighted by Crippen LogP contribution is -2.21. The number of rotatable bonds is 5. The van der Waals surface area contributed by atoms with Crippen LogP contribution < -0.4 is 15.2 Å². The van der Waals surface area contributed by atoms with Gasteiger partial charge in [0.1, 0.15) is 0 Å². The Kier molecular flexibility index (Phi) is 4.85. The highest BCUT2D eigenvalue weighted by molar-refractivity contribution is 6.04. The number of nitrogens with zero attached hydrogens (tertiary/aromatic N) is 7. The van der Waals surface area contributed by atoms with Crippen molar-refractivity contribution in [3.63, 3.8) is 0 Å². The van der Waals surface area contributed by atoms with Gasteiger partial charge in [0.25, 0.3) is 0 Å². The summed E-state index contributed by atoms with van der Waals surface area (Å²) >= 11 is 0. The Hall–Kier alpha value is -4.21. The molecule has 0 spiro atoms. The van der Waals surface area contributed by atoms with Gasteiger partial charge in [0, 0.05) is 31.4 Å². The molecule has 0 aliphatic heterocycles. The minimum atomic E-state index is -0.159. The van der Waals surface area contributed by atoms with E-state index < -0.39 is 0 Å². The van der Waals surface area contributed by atoms with E-state index in [1.807, 2.05) is 42.9 Å². The Morgan fingerprint density at radius 2 is 1.91 bits per heavy atom. The van der Waals surface area contributed by atoms with Gasteiger partial charge in [0.2, 0.25) is 5.88 Å². The molecule has 0 saturated carbocycles. The average molecular weight is 445 g/mol. The Morgan fingerprint density at radius 3 is 2.61 bits per heavy atom. The van der Waals surface area contributed by atoms with E-state index in [9.17, 15) is 4.79 Å². The molecule has 0 aliphatic rings. The fourth-order valence-corrected chi connectivity index (χ4v) is 4.08. The Labute approximate surface area is 189 Å². The highest BCUT2D eigenvalue weighted by Crippen LogP contribution is 2.33. The van der Waals surface area contributed by atoms with E-state index in [1.165, 1.54) is 7.11 Å². The van der Waals surface area contributed by atoms with E-state index >= 15 is 0 Å². The number of benzene rings is 1. The summed E-state index contributed by atoms with van der Waals surface area (Å²) in [6, 6.07) is 6.05. The number of hydrogen-bond acceptors (Lipinski definition) is 7. The maximum Gasteiger partial charge on any atom is 0.333 e. The molecule has 0 unspecified atom stereocenters. The fourth-order valence-electron chi connectivity index (χ4n) is 4.08. The Balaban J connectivity index is 1.84. The molecule has 0 atom stereocenters. The van der Waals surface area contributed by atoms with Crippen molar-refractivity contribution in [3.8, 4) is 28.7 Å². The number of aryl methyl sites for hydroxylation is 3. The number of ether oxygens (including phenoxy) is 2. The van der Waals surface area contributed by atoms with Crippen LogP contribution in [0.2, 0.25) is 0 Å². The third-order valence-electron chi connectivity index (χ3n) is 5.79. The van der Waals surface area contributed by atoms with Crippen LogP contribution in [0.25, 0.3) is 38.8 Å². The van der Waals surface area contributed by atoms with E-state index in [0.717, 1.165) is 38.9 Å². The van der Waals surface area contributed by atoms with Crippen LogP contribution in [0.15, 0.2) is 41.6 Å². The lowest BCUT2D eigenvalue weighted by molar-refractivity contribution is 0.353. The van der Waals surface area contributed by atoms with Gasteiger partial charge in [0.15, 0.2) is 0 Å². The molecule has 10 nitrogen and oxygen atoms in total. The predicted molar refractivity (Wildman–Crippen MR) is 124 cm³/mol. The lowest BCUT2D eigenvalue weighted by atomic mass is 10.0. The van der Waals surface area contributed by atoms with Gasteiger partial charge in [-0.3, -0.25) is 18.8 Å². The topological polar surface area (TPSA) is 102 Å². The number of imidazole rings is 1. The lowest BCUT2D eigenvalue weighted by Gasteiger charge is -2.10. The zero-order valence-corrected chi connectivity index (χ0v) is 19.0. The molecule has 4 heterocycles. The van der Waals surface area contributed by atoms with Crippen LogP contribution in [0, 0.1) is 6.92 Å². The zero-order valence-electron chi connectivity index (χ0n) is 19.0. The molecule has 0 radical (unpaired) electrons. The first-order valence-corrected chi connectivity index (χ1v) is 10.5. The molecule has 5 rings (SSSR count). The van der Waals surface area contributed by atoms with Crippen molar-refractivity contribution in [1.29, 1.82) is 0 Å². The monoisotopic (exact) mass is 445 g/mol. The van der Waals surface area contributed by atoms with Gasteiger partial charge in [-0.1, -0.05) is 6.07 Å². The van der Waals surface area contributed by atoms with Crippen LogP contribution in [0.5, 0.6) is 11.9 Å². The highest BCUT2D eigenvalue weighted by atomic mass is 16.5. The molecule has 5 aromatic rings. The van der Waals surface area contributed by atoms with Gasteiger partial charge >= 0.3 is 11.7 Å². The summed E-state index contributed by atoms with van der Waals surface area (Å²) in [5.74, 6) is 0.395. The minimum absolute atomic E-state index is 0.159. The second kappa shape index (κ2) is 7.73. The number of aromatic nitrogens is 7. The third-order valence-corrected chi connectivity index (χ3v) is 5.79. The summed E-state index contributed by atoms with van der Waals surface area (Å²) in [7, 11) is 4.80. The molecule has 4 aromatic heterocycles. The highest BCUT2D eigenvalue weighted by Gasteiger charge is 2.20. The molecule has 0 amide bonds. The summed E-state index contributed by atoms with van der Waals surface area (Å²) in [6.45, 7) is 4.63.